The van der Waals surface area contributed by atoms with Crippen LogP contribution in [0.1, 0.15) is 15.9 Å². The number of rotatable bonds is 6. The van der Waals surface area contributed by atoms with Crippen LogP contribution in [0.4, 0.5) is 0 Å². The van der Waals surface area contributed by atoms with Crippen LogP contribution >= 0.6 is 23.2 Å². The first kappa shape index (κ1) is 17.7. The van der Waals surface area contributed by atoms with E-state index in [1.807, 2.05) is 0 Å². The van der Waals surface area contributed by atoms with Gasteiger partial charge in [-0.1, -0.05) is 35.3 Å². The maximum absolute atomic E-state index is 12.2. The van der Waals surface area contributed by atoms with Gasteiger partial charge in [0.05, 0.1) is 10.5 Å². The van der Waals surface area contributed by atoms with Crippen molar-refractivity contribution in [2.24, 2.45) is 0 Å². The van der Waals surface area contributed by atoms with E-state index in [2.05, 4.69) is 4.72 Å². The number of benzene rings is 2. The standard InChI is InChI=1S/C15H13Cl2NO4S/c16-12-5-4-10(14(17)9-12)6-7-18-23(21,22)13-3-1-2-11(8-13)15(19)20/h1-5,8-9,18H,6-7H2,(H,19,20). The number of carboxylic acid groups (broad SMARTS) is 1. The lowest BCUT2D eigenvalue weighted by Gasteiger charge is -2.08. The molecule has 2 aromatic carbocycles. The van der Waals surface area contributed by atoms with Crippen molar-refractivity contribution >= 4 is 39.2 Å². The van der Waals surface area contributed by atoms with E-state index in [4.69, 9.17) is 28.3 Å². The lowest BCUT2D eigenvalue weighted by molar-refractivity contribution is 0.0696. The van der Waals surface area contributed by atoms with Gasteiger partial charge in [0.25, 0.3) is 0 Å². The minimum absolute atomic E-state index is 0.0892. The lowest BCUT2D eigenvalue weighted by Crippen LogP contribution is -2.26. The first-order valence-corrected chi connectivity index (χ1v) is 8.80. The molecule has 0 saturated heterocycles. The third kappa shape index (κ3) is 4.68. The van der Waals surface area contributed by atoms with E-state index < -0.39 is 16.0 Å². The van der Waals surface area contributed by atoms with Crippen LogP contribution in [0.3, 0.4) is 0 Å². The molecule has 0 fully saturated rings. The zero-order valence-corrected chi connectivity index (χ0v) is 14.1. The monoisotopic (exact) mass is 373 g/mol. The van der Waals surface area contributed by atoms with Crippen LogP contribution in [0.2, 0.25) is 10.0 Å². The molecular weight excluding hydrogens is 361 g/mol. The van der Waals surface area contributed by atoms with Gasteiger partial charge in [0, 0.05) is 16.6 Å². The van der Waals surface area contributed by atoms with Gasteiger partial charge in [-0.2, -0.15) is 0 Å². The number of carboxylic acids is 1. The molecule has 5 nitrogen and oxygen atoms in total. The fourth-order valence-corrected chi connectivity index (χ4v) is 3.50. The zero-order valence-electron chi connectivity index (χ0n) is 11.8. The molecule has 0 spiro atoms. The predicted molar refractivity (Wildman–Crippen MR) is 88.8 cm³/mol. The number of carbonyl (C=O) groups is 1. The van der Waals surface area contributed by atoms with Crippen LogP contribution in [0.5, 0.6) is 0 Å². The van der Waals surface area contributed by atoms with Crippen molar-refractivity contribution in [3.8, 4) is 0 Å². The van der Waals surface area contributed by atoms with Crippen molar-refractivity contribution in [3.63, 3.8) is 0 Å². The fourth-order valence-electron chi connectivity index (χ4n) is 1.92. The highest BCUT2D eigenvalue weighted by atomic mass is 35.5. The van der Waals surface area contributed by atoms with Crippen LogP contribution in [-0.2, 0) is 16.4 Å². The fraction of sp³-hybridized carbons (Fsp3) is 0.133. The van der Waals surface area contributed by atoms with E-state index in [1.165, 1.54) is 18.2 Å². The molecule has 2 N–H and O–H groups in total. The molecule has 0 saturated carbocycles. The molecule has 0 bridgehead atoms. The number of halogens is 2. The minimum Gasteiger partial charge on any atom is -0.478 e. The van der Waals surface area contributed by atoms with Gasteiger partial charge in [0.1, 0.15) is 0 Å². The summed E-state index contributed by atoms with van der Waals surface area (Å²) in [5.74, 6) is -1.19. The molecule has 122 valence electrons. The molecule has 0 radical (unpaired) electrons. The van der Waals surface area contributed by atoms with Gasteiger partial charge in [-0.15, -0.1) is 0 Å². The Morgan fingerprint density at radius 2 is 1.87 bits per heavy atom. The van der Waals surface area contributed by atoms with Crippen molar-refractivity contribution in [2.45, 2.75) is 11.3 Å². The molecule has 8 heteroatoms. The molecule has 0 aliphatic carbocycles. The molecule has 23 heavy (non-hydrogen) atoms. The Labute approximate surface area is 143 Å². The van der Waals surface area contributed by atoms with Gasteiger partial charge < -0.3 is 5.11 Å². The number of nitrogens with one attached hydrogen (secondary N) is 1. The maximum Gasteiger partial charge on any atom is 0.335 e. The number of sulfonamides is 1. The average Bonchev–Trinajstić information content (AvgIpc) is 2.49. The van der Waals surface area contributed by atoms with Crippen molar-refractivity contribution in [1.29, 1.82) is 0 Å². The quantitative estimate of drug-likeness (QED) is 0.813. The van der Waals surface area contributed by atoms with Crippen LogP contribution in [0, 0.1) is 0 Å². The second kappa shape index (κ2) is 7.31. The Morgan fingerprint density at radius 1 is 1.13 bits per heavy atom. The normalized spacial score (nSPS) is 11.4. The molecule has 0 amide bonds. The molecule has 2 aromatic rings. The lowest BCUT2D eigenvalue weighted by atomic mass is 10.1. The minimum atomic E-state index is -3.79. The Morgan fingerprint density at radius 3 is 2.52 bits per heavy atom. The van der Waals surface area contributed by atoms with E-state index in [9.17, 15) is 13.2 Å². The summed E-state index contributed by atoms with van der Waals surface area (Å²) < 4.78 is 26.8. The highest BCUT2D eigenvalue weighted by Crippen LogP contribution is 2.21. The first-order chi connectivity index (χ1) is 10.8. The number of hydrogen-bond acceptors (Lipinski definition) is 3. The van der Waals surface area contributed by atoms with Crippen LogP contribution < -0.4 is 4.72 Å². The summed E-state index contributed by atoms with van der Waals surface area (Å²) in [6.07, 6.45) is 0.383. The summed E-state index contributed by atoms with van der Waals surface area (Å²) in [5.41, 5.74) is 0.673. The number of aromatic carboxylic acids is 1. The van der Waals surface area contributed by atoms with Crippen molar-refractivity contribution < 1.29 is 18.3 Å². The van der Waals surface area contributed by atoms with Gasteiger partial charge in [-0.3, -0.25) is 0 Å². The maximum atomic E-state index is 12.2. The molecule has 0 aliphatic rings. The predicted octanol–water partition coefficient (Wildman–Crippen LogP) is 3.21. The van der Waals surface area contributed by atoms with Gasteiger partial charge in [0.2, 0.25) is 10.0 Å². The van der Waals surface area contributed by atoms with E-state index in [-0.39, 0.29) is 17.0 Å². The summed E-state index contributed by atoms with van der Waals surface area (Å²) in [7, 11) is -3.79. The Kier molecular flexibility index (Phi) is 5.64. The second-order valence-electron chi connectivity index (χ2n) is 4.72. The largest absolute Gasteiger partial charge is 0.478 e. The topological polar surface area (TPSA) is 83.5 Å². The van der Waals surface area contributed by atoms with Gasteiger partial charge in [-0.05, 0) is 42.3 Å². The van der Waals surface area contributed by atoms with E-state index in [1.54, 1.807) is 18.2 Å². The zero-order chi connectivity index (χ0) is 17.0. The molecular formula is C15H13Cl2NO4S. The van der Waals surface area contributed by atoms with Crippen LogP contribution in [0.15, 0.2) is 47.4 Å². The second-order valence-corrected chi connectivity index (χ2v) is 7.33. The smallest absolute Gasteiger partial charge is 0.335 e. The summed E-state index contributed by atoms with van der Waals surface area (Å²) in [4.78, 5) is 10.8. The van der Waals surface area contributed by atoms with Gasteiger partial charge >= 0.3 is 5.97 Å². The third-order valence-corrected chi connectivity index (χ3v) is 5.14. The molecule has 2 rings (SSSR count). The highest BCUT2D eigenvalue weighted by Gasteiger charge is 2.15. The molecule has 0 unspecified atom stereocenters. The summed E-state index contributed by atoms with van der Waals surface area (Å²) in [6, 6.07) is 10.1. The molecule has 0 heterocycles. The number of hydrogen-bond donors (Lipinski definition) is 2. The van der Waals surface area contributed by atoms with Crippen molar-refractivity contribution in [3.05, 3.63) is 63.6 Å². The van der Waals surface area contributed by atoms with Gasteiger partial charge in [-0.25, -0.2) is 17.9 Å². The molecule has 0 atom stereocenters. The SMILES string of the molecule is O=C(O)c1cccc(S(=O)(=O)NCCc2ccc(Cl)cc2Cl)c1. The third-order valence-electron chi connectivity index (χ3n) is 3.09. The van der Waals surface area contributed by atoms with E-state index in [0.717, 1.165) is 11.6 Å². The molecule has 0 aliphatic heterocycles. The van der Waals surface area contributed by atoms with E-state index in [0.29, 0.717) is 16.5 Å². The van der Waals surface area contributed by atoms with Crippen molar-refractivity contribution in [2.75, 3.05) is 6.54 Å². The summed E-state index contributed by atoms with van der Waals surface area (Å²) in [5, 5.41) is 9.88. The van der Waals surface area contributed by atoms with E-state index >= 15 is 0 Å². The Balaban J connectivity index is 2.07. The summed E-state index contributed by atoms with van der Waals surface area (Å²) in [6.45, 7) is 0.126. The summed E-state index contributed by atoms with van der Waals surface area (Å²) >= 11 is 11.8. The Bertz CT molecular complexity index is 837. The van der Waals surface area contributed by atoms with Crippen molar-refractivity contribution in [1.82, 2.24) is 4.72 Å². The first-order valence-electron chi connectivity index (χ1n) is 6.56. The van der Waals surface area contributed by atoms with Crippen LogP contribution in [-0.4, -0.2) is 26.0 Å². The van der Waals surface area contributed by atoms with Crippen LogP contribution in [0.25, 0.3) is 0 Å². The molecule has 0 aromatic heterocycles. The average molecular weight is 374 g/mol. The Hall–Kier alpha value is -1.60. The van der Waals surface area contributed by atoms with Gasteiger partial charge in [0.15, 0.2) is 0 Å². The highest BCUT2D eigenvalue weighted by molar-refractivity contribution is 7.89.